The zero-order valence-corrected chi connectivity index (χ0v) is 16.7. The van der Waals surface area contributed by atoms with Crippen molar-refractivity contribution in [1.82, 2.24) is 4.90 Å². The molecule has 0 aromatic heterocycles. The molecule has 1 heterocycles. The van der Waals surface area contributed by atoms with Crippen LogP contribution >= 0.6 is 11.6 Å². The van der Waals surface area contributed by atoms with Crippen molar-refractivity contribution in [2.45, 2.75) is 19.3 Å². The van der Waals surface area contributed by atoms with Gasteiger partial charge in [-0.1, -0.05) is 42.3 Å². The molecule has 0 N–H and O–H groups in total. The minimum Gasteiger partial charge on any atom is -0.469 e. The molecule has 3 rings (SSSR count). The van der Waals surface area contributed by atoms with Gasteiger partial charge in [0.05, 0.1) is 26.1 Å². The van der Waals surface area contributed by atoms with Crippen molar-refractivity contribution in [3.8, 4) is 0 Å². The Morgan fingerprint density at radius 2 is 1.89 bits per heavy atom. The van der Waals surface area contributed by atoms with Crippen molar-refractivity contribution in [2.75, 3.05) is 33.9 Å². The van der Waals surface area contributed by atoms with E-state index in [2.05, 4.69) is 17.9 Å². The van der Waals surface area contributed by atoms with Gasteiger partial charge in [0.15, 0.2) is 0 Å². The third-order valence-electron chi connectivity index (χ3n) is 5.87. The van der Waals surface area contributed by atoms with Crippen molar-refractivity contribution in [3.05, 3.63) is 46.5 Å². The first-order valence-corrected chi connectivity index (χ1v) is 9.72. The molecule has 4 atom stereocenters. The number of piperidine rings is 1. The van der Waals surface area contributed by atoms with Crippen LogP contribution < -0.4 is 0 Å². The highest BCUT2D eigenvalue weighted by molar-refractivity contribution is 6.30. The van der Waals surface area contributed by atoms with Crippen molar-refractivity contribution < 1.29 is 19.1 Å². The molecule has 0 bridgehead atoms. The fraction of sp³-hybridized carbons (Fsp3) is 0.524. The second-order valence-corrected chi connectivity index (χ2v) is 7.62. The standard InChI is InChI=1S/C21H26ClNO4/c1-4-23-9-8-16-14(12-23)11-17(13-6-5-7-15(22)10-13)19(21(25)27-3)18(16)20(24)26-2/h5-7,10-11,16-19H,4,8-9,12H2,1-3H3. The number of nitrogens with zero attached hydrogens (tertiary/aromatic N) is 1. The van der Waals surface area contributed by atoms with E-state index < -0.39 is 11.8 Å². The summed E-state index contributed by atoms with van der Waals surface area (Å²) >= 11 is 6.20. The molecule has 0 spiro atoms. The number of allylic oxidation sites excluding steroid dienone is 1. The van der Waals surface area contributed by atoms with Crippen LogP contribution in [0.2, 0.25) is 5.02 Å². The van der Waals surface area contributed by atoms with Crippen LogP contribution in [0.1, 0.15) is 24.8 Å². The molecule has 1 aromatic rings. The van der Waals surface area contributed by atoms with Gasteiger partial charge < -0.3 is 9.47 Å². The number of carbonyl (C=O) groups excluding carboxylic acids is 2. The highest BCUT2D eigenvalue weighted by Crippen LogP contribution is 2.47. The van der Waals surface area contributed by atoms with E-state index >= 15 is 0 Å². The van der Waals surface area contributed by atoms with Crippen LogP contribution in [0.15, 0.2) is 35.9 Å². The minimum absolute atomic E-state index is 0.000200. The molecular weight excluding hydrogens is 366 g/mol. The molecule has 1 saturated heterocycles. The minimum atomic E-state index is -0.622. The lowest BCUT2D eigenvalue weighted by atomic mass is 9.63. The van der Waals surface area contributed by atoms with E-state index in [1.165, 1.54) is 19.8 Å². The van der Waals surface area contributed by atoms with Crippen molar-refractivity contribution in [3.63, 3.8) is 0 Å². The van der Waals surface area contributed by atoms with Gasteiger partial charge in [0, 0.05) is 17.5 Å². The van der Waals surface area contributed by atoms with Gasteiger partial charge >= 0.3 is 11.9 Å². The maximum atomic E-state index is 12.8. The van der Waals surface area contributed by atoms with Gasteiger partial charge in [-0.2, -0.15) is 0 Å². The molecule has 1 aliphatic carbocycles. The van der Waals surface area contributed by atoms with Crippen LogP contribution in [0.5, 0.6) is 0 Å². The Kier molecular flexibility index (Phi) is 6.22. The number of rotatable bonds is 4. The molecule has 1 aliphatic heterocycles. The van der Waals surface area contributed by atoms with Gasteiger partial charge in [0.1, 0.15) is 0 Å². The average molecular weight is 392 g/mol. The fourth-order valence-corrected chi connectivity index (χ4v) is 4.72. The number of ether oxygens (including phenoxy) is 2. The number of hydrogen-bond acceptors (Lipinski definition) is 5. The third-order valence-corrected chi connectivity index (χ3v) is 6.10. The first kappa shape index (κ1) is 19.9. The van der Waals surface area contributed by atoms with E-state index in [0.717, 1.165) is 31.6 Å². The smallest absolute Gasteiger partial charge is 0.310 e. The van der Waals surface area contributed by atoms with E-state index in [-0.39, 0.29) is 23.8 Å². The van der Waals surface area contributed by atoms with Crippen LogP contribution in [0.3, 0.4) is 0 Å². The summed E-state index contributed by atoms with van der Waals surface area (Å²) in [6.45, 7) is 4.80. The maximum absolute atomic E-state index is 12.8. The zero-order valence-electron chi connectivity index (χ0n) is 16.0. The molecular formula is C21H26ClNO4. The van der Waals surface area contributed by atoms with E-state index in [0.29, 0.717) is 5.02 Å². The molecule has 0 amide bonds. The number of carbonyl (C=O) groups is 2. The van der Waals surface area contributed by atoms with Crippen LogP contribution in [-0.2, 0) is 19.1 Å². The monoisotopic (exact) mass is 391 g/mol. The van der Waals surface area contributed by atoms with Crippen LogP contribution in [0.25, 0.3) is 0 Å². The van der Waals surface area contributed by atoms with Gasteiger partial charge in [0.25, 0.3) is 0 Å². The van der Waals surface area contributed by atoms with E-state index in [9.17, 15) is 9.59 Å². The van der Waals surface area contributed by atoms with Gasteiger partial charge in [0.2, 0.25) is 0 Å². The maximum Gasteiger partial charge on any atom is 0.310 e. The molecule has 2 aliphatic rings. The molecule has 146 valence electrons. The number of halogens is 1. The summed E-state index contributed by atoms with van der Waals surface area (Å²) < 4.78 is 10.2. The Hall–Kier alpha value is -1.85. The highest BCUT2D eigenvalue weighted by atomic mass is 35.5. The zero-order chi connectivity index (χ0) is 19.6. The summed E-state index contributed by atoms with van der Waals surface area (Å²) in [5, 5.41) is 0.602. The fourth-order valence-electron chi connectivity index (χ4n) is 4.52. The van der Waals surface area contributed by atoms with E-state index in [4.69, 9.17) is 21.1 Å². The average Bonchev–Trinajstić information content (AvgIpc) is 2.70. The Morgan fingerprint density at radius 1 is 1.19 bits per heavy atom. The molecule has 5 nitrogen and oxygen atoms in total. The number of likely N-dealkylation sites (tertiary alicyclic amines) is 1. The number of hydrogen-bond donors (Lipinski definition) is 0. The first-order chi connectivity index (χ1) is 13.0. The number of esters is 2. The predicted octanol–water partition coefficient (Wildman–Crippen LogP) is 3.28. The topological polar surface area (TPSA) is 55.8 Å². The molecule has 1 fully saturated rings. The van der Waals surface area contributed by atoms with Crippen LogP contribution in [-0.4, -0.2) is 50.7 Å². The Labute approximate surface area is 165 Å². The van der Waals surface area contributed by atoms with E-state index in [1.54, 1.807) is 6.07 Å². The van der Waals surface area contributed by atoms with Crippen LogP contribution in [0.4, 0.5) is 0 Å². The largest absolute Gasteiger partial charge is 0.469 e. The lowest BCUT2D eigenvalue weighted by molar-refractivity contribution is -0.161. The van der Waals surface area contributed by atoms with Gasteiger partial charge in [-0.05, 0) is 43.1 Å². The van der Waals surface area contributed by atoms with Crippen molar-refractivity contribution >= 4 is 23.5 Å². The Bertz CT molecular complexity index is 747. The Balaban J connectivity index is 2.12. The normalized spacial score (nSPS) is 28.1. The molecule has 6 heteroatoms. The highest BCUT2D eigenvalue weighted by Gasteiger charge is 2.50. The predicted molar refractivity (Wildman–Crippen MR) is 104 cm³/mol. The van der Waals surface area contributed by atoms with Crippen molar-refractivity contribution in [2.24, 2.45) is 17.8 Å². The lowest BCUT2D eigenvalue weighted by Crippen LogP contribution is -2.48. The number of benzene rings is 1. The summed E-state index contributed by atoms with van der Waals surface area (Å²) in [5.74, 6) is -2.18. The number of fused-ring (bicyclic) bond motifs is 1. The van der Waals surface area contributed by atoms with Crippen LogP contribution in [0, 0.1) is 17.8 Å². The lowest BCUT2D eigenvalue weighted by Gasteiger charge is -2.44. The Morgan fingerprint density at radius 3 is 2.52 bits per heavy atom. The summed E-state index contributed by atoms with van der Waals surface area (Å²) in [4.78, 5) is 27.9. The molecule has 27 heavy (non-hydrogen) atoms. The van der Waals surface area contributed by atoms with Gasteiger partial charge in [-0.25, -0.2) is 0 Å². The summed E-state index contributed by atoms with van der Waals surface area (Å²) in [7, 11) is 2.74. The quantitative estimate of drug-likeness (QED) is 0.582. The van der Waals surface area contributed by atoms with Gasteiger partial charge in [-0.3, -0.25) is 14.5 Å². The van der Waals surface area contributed by atoms with Crippen molar-refractivity contribution in [1.29, 1.82) is 0 Å². The molecule has 1 aromatic carbocycles. The molecule has 4 unspecified atom stereocenters. The SMILES string of the molecule is CCN1CCC2C(=CC(c3cccc(Cl)c3)C(C(=O)OC)C2C(=O)OC)C1. The number of methoxy groups -OCH3 is 2. The third kappa shape index (κ3) is 3.90. The second kappa shape index (κ2) is 8.44. The molecule has 0 radical (unpaired) electrons. The first-order valence-electron chi connectivity index (χ1n) is 9.34. The second-order valence-electron chi connectivity index (χ2n) is 7.18. The molecule has 0 saturated carbocycles. The summed E-state index contributed by atoms with van der Waals surface area (Å²) in [6, 6.07) is 7.46. The van der Waals surface area contributed by atoms with Gasteiger partial charge in [-0.15, -0.1) is 0 Å². The summed E-state index contributed by atoms with van der Waals surface area (Å²) in [6.07, 6.45) is 2.98. The summed E-state index contributed by atoms with van der Waals surface area (Å²) in [5.41, 5.74) is 2.11. The van der Waals surface area contributed by atoms with E-state index in [1.807, 2.05) is 18.2 Å². The number of likely N-dealkylation sites (N-methyl/N-ethyl adjacent to an activating group) is 1.